The van der Waals surface area contributed by atoms with Gasteiger partial charge in [-0.1, -0.05) is 39.0 Å². The van der Waals surface area contributed by atoms with E-state index in [2.05, 4.69) is 36.1 Å². The summed E-state index contributed by atoms with van der Waals surface area (Å²) in [5.74, 6) is -0.469. The molecule has 0 heterocycles. The van der Waals surface area contributed by atoms with Crippen LogP contribution in [-0.2, 0) is 14.3 Å². The monoisotopic (exact) mass is 593 g/mol. The van der Waals surface area contributed by atoms with Gasteiger partial charge in [-0.05, 0) is 80.5 Å². The highest BCUT2D eigenvalue weighted by Gasteiger charge is 2.35. The molecule has 232 valence electrons. The van der Waals surface area contributed by atoms with Gasteiger partial charge in [0.1, 0.15) is 5.75 Å². The summed E-state index contributed by atoms with van der Waals surface area (Å²) in [6.45, 7) is 9.32. The van der Waals surface area contributed by atoms with Gasteiger partial charge in [-0.2, -0.15) is 0 Å². The molecule has 8 nitrogen and oxygen atoms in total. The van der Waals surface area contributed by atoms with E-state index in [0.29, 0.717) is 36.8 Å². The van der Waals surface area contributed by atoms with Gasteiger partial charge in [0.25, 0.3) is 5.91 Å². The third kappa shape index (κ3) is 10.4. The van der Waals surface area contributed by atoms with Gasteiger partial charge in [0.15, 0.2) is 0 Å². The molecule has 1 aromatic carbocycles. The van der Waals surface area contributed by atoms with Crippen LogP contribution in [-0.4, -0.2) is 54.9 Å². The summed E-state index contributed by atoms with van der Waals surface area (Å²) in [5, 5.41) is 5.56. The fourth-order valence-electron chi connectivity index (χ4n) is 5.42. The number of esters is 1. The Kier molecular flexibility index (Phi) is 11.5. The third-order valence-electron chi connectivity index (χ3n) is 7.76. The number of rotatable bonds is 10. The van der Waals surface area contributed by atoms with Crippen molar-refractivity contribution in [2.45, 2.75) is 78.6 Å². The van der Waals surface area contributed by atoms with E-state index >= 15 is 0 Å². The smallest absolute Gasteiger partial charge is 0.466 e. The summed E-state index contributed by atoms with van der Waals surface area (Å²) < 4.78 is 46.3. The molecule has 1 fully saturated rings. The number of carbonyl (C=O) groups is 3. The predicted octanol–water partition coefficient (Wildman–Crippen LogP) is 6.60. The highest BCUT2D eigenvalue weighted by atomic mass is 19.4. The number of halogens is 3. The predicted molar refractivity (Wildman–Crippen MR) is 154 cm³/mol. The first-order valence-corrected chi connectivity index (χ1v) is 14.5. The molecule has 11 heteroatoms. The summed E-state index contributed by atoms with van der Waals surface area (Å²) in [6.07, 6.45) is 5.05. The first-order chi connectivity index (χ1) is 19.7. The molecular formula is C31H42F3N3O5. The van der Waals surface area contributed by atoms with E-state index in [4.69, 9.17) is 4.74 Å². The van der Waals surface area contributed by atoms with E-state index < -0.39 is 6.36 Å². The molecule has 3 amide bonds. The second-order valence-corrected chi connectivity index (χ2v) is 11.9. The second-order valence-electron chi connectivity index (χ2n) is 11.9. The van der Waals surface area contributed by atoms with E-state index in [0.717, 1.165) is 37.8 Å². The standard InChI is InChI=1S/C31H42F3N3O5/c1-5-41-27(38)18-19-35-28(39)22-8-6-21(7-9-22)20-37(25-14-10-23(11-15-25)30(2,3)4)29(40)36-24-12-16-26(17-13-24)42-31(32,33)34/h6,8-9,12-13,16-17,21,23,25H,5,7,10-11,14-15,18-20H2,1-4H3,(H,35,39)(H,36,40). The van der Waals surface area contributed by atoms with Crippen molar-refractivity contribution in [1.29, 1.82) is 0 Å². The molecule has 3 rings (SSSR count). The van der Waals surface area contributed by atoms with Crippen LogP contribution in [0.25, 0.3) is 0 Å². The Balaban J connectivity index is 1.64. The minimum Gasteiger partial charge on any atom is -0.466 e. The maximum atomic E-state index is 13.5. The van der Waals surface area contributed by atoms with Crippen LogP contribution in [0.2, 0.25) is 0 Å². The lowest BCUT2D eigenvalue weighted by molar-refractivity contribution is -0.274. The van der Waals surface area contributed by atoms with Crippen LogP contribution in [0, 0.1) is 17.3 Å². The molecule has 1 unspecified atom stereocenters. The molecule has 2 N–H and O–H groups in total. The molecule has 0 spiro atoms. The summed E-state index contributed by atoms with van der Waals surface area (Å²) in [4.78, 5) is 39.4. The highest BCUT2D eigenvalue weighted by Crippen LogP contribution is 2.39. The number of amides is 3. The molecule has 1 aromatic rings. The topological polar surface area (TPSA) is 97.0 Å². The van der Waals surface area contributed by atoms with E-state index in [-0.39, 0.29) is 54.0 Å². The number of hydrogen-bond acceptors (Lipinski definition) is 5. The Morgan fingerprint density at radius 2 is 1.69 bits per heavy atom. The van der Waals surface area contributed by atoms with Gasteiger partial charge in [-0.3, -0.25) is 9.59 Å². The Morgan fingerprint density at radius 1 is 1.02 bits per heavy atom. The van der Waals surface area contributed by atoms with Crippen molar-refractivity contribution in [3.8, 4) is 5.75 Å². The average molecular weight is 594 g/mol. The number of anilines is 1. The van der Waals surface area contributed by atoms with Crippen LogP contribution in [0.15, 0.2) is 48.1 Å². The maximum absolute atomic E-state index is 13.5. The van der Waals surface area contributed by atoms with E-state index in [9.17, 15) is 27.6 Å². The number of hydrogen-bond donors (Lipinski definition) is 2. The molecule has 2 aliphatic rings. The van der Waals surface area contributed by atoms with E-state index in [1.54, 1.807) is 13.0 Å². The number of nitrogens with zero attached hydrogens (tertiary/aromatic N) is 1. The van der Waals surface area contributed by atoms with E-state index in [1.165, 1.54) is 12.1 Å². The number of urea groups is 1. The zero-order valence-electron chi connectivity index (χ0n) is 24.8. The summed E-state index contributed by atoms with van der Waals surface area (Å²) in [5.41, 5.74) is 1.05. The van der Waals surface area contributed by atoms with E-state index in [1.807, 2.05) is 17.1 Å². The normalized spacial score (nSPS) is 20.7. The molecule has 1 saturated carbocycles. The molecular weight excluding hydrogens is 551 g/mol. The van der Waals surface area contributed by atoms with Crippen LogP contribution in [0.4, 0.5) is 23.7 Å². The highest BCUT2D eigenvalue weighted by molar-refractivity contribution is 5.96. The first kappa shape index (κ1) is 33.0. The SMILES string of the molecule is CCOC(=O)CCNC(=O)C1=CCC(CN(C(=O)Nc2ccc(OC(F)(F)F)cc2)C2CCC(C(C)(C)C)CC2)C=C1. The number of alkyl halides is 3. The molecule has 0 aliphatic heterocycles. The largest absolute Gasteiger partial charge is 0.573 e. The fraction of sp³-hybridized carbons (Fsp3) is 0.581. The molecule has 1 atom stereocenters. The number of allylic oxidation sites excluding steroid dienone is 1. The van der Waals surface area contributed by atoms with Crippen LogP contribution >= 0.6 is 0 Å². The van der Waals surface area contributed by atoms with Crippen molar-refractivity contribution in [1.82, 2.24) is 10.2 Å². The van der Waals surface area contributed by atoms with Gasteiger partial charge < -0.3 is 25.0 Å². The maximum Gasteiger partial charge on any atom is 0.573 e. The van der Waals surface area contributed by atoms with Crippen LogP contribution in [0.3, 0.4) is 0 Å². The fourth-order valence-corrected chi connectivity index (χ4v) is 5.42. The van der Waals surface area contributed by atoms with Gasteiger partial charge in [0.2, 0.25) is 0 Å². The lowest BCUT2D eigenvalue weighted by atomic mass is 9.71. The minimum atomic E-state index is -4.79. The lowest BCUT2D eigenvalue weighted by Crippen LogP contribution is -2.47. The summed E-state index contributed by atoms with van der Waals surface area (Å²) >= 11 is 0. The van der Waals surface area contributed by atoms with Crippen LogP contribution < -0.4 is 15.4 Å². The van der Waals surface area contributed by atoms with Crippen molar-refractivity contribution in [3.05, 3.63) is 48.1 Å². The number of benzene rings is 1. The quantitative estimate of drug-likeness (QED) is 0.298. The molecule has 0 saturated heterocycles. The van der Waals surface area contributed by atoms with Crippen LogP contribution in [0.5, 0.6) is 5.75 Å². The van der Waals surface area contributed by atoms with Crippen molar-refractivity contribution in [2.75, 3.05) is 25.0 Å². The zero-order valence-corrected chi connectivity index (χ0v) is 24.8. The van der Waals surface area contributed by atoms with Gasteiger partial charge in [-0.15, -0.1) is 13.2 Å². The number of nitrogens with one attached hydrogen (secondary N) is 2. The number of ether oxygens (including phenoxy) is 2. The minimum absolute atomic E-state index is 0.0152. The molecule has 0 radical (unpaired) electrons. The van der Waals surface area contributed by atoms with Crippen molar-refractivity contribution < 1.29 is 37.0 Å². The Bertz CT molecular complexity index is 1130. The van der Waals surface area contributed by atoms with Crippen LogP contribution in [0.1, 0.15) is 66.2 Å². The van der Waals surface area contributed by atoms with Crippen molar-refractivity contribution >= 4 is 23.6 Å². The van der Waals surface area contributed by atoms with Gasteiger partial charge in [0.05, 0.1) is 13.0 Å². The molecule has 0 bridgehead atoms. The zero-order chi connectivity index (χ0) is 30.9. The molecule has 2 aliphatic carbocycles. The Labute approximate surface area is 245 Å². The van der Waals surface area contributed by atoms with Gasteiger partial charge in [0, 0.05) is 30.4 Å². The number of carbonyl (C=O) groups excluding carboxylic acids is 3. The molecule has 42 heavy (non-hydrogen) atoms. The lowest BCUT2D eigenvalue weighted by Gasteiger charge is -2.42. The molecule has 0 aromatic heterocycles. The summed E-state index contributed by atoms with van der Waals surface area (Å²) in [6, 6.07) is 4.78. The van der Waals surface area contributed by atoms with Gasteiger partial charge >= 0.3 is 18.4 Å². The first-order valence-electron chi connectivity index (χ1n) is 14.5. The second kappa shape index (κ2) is 14.6. The van der Waals surface area contributed by atoms with Crippen molar-refractivity contribution in [2.24, 2.45) is 17.3 Å². The van der Waals surface area contributed by atoms with Gasteiger partial charge in [-0.25, -0.2) is 4.79 Å². The third-order valence-corrected chi connectivity index (χ3v) is 7.76. The summed E-state index contributed by atoms with van der Waals surface area (Å²) in [7, 11) is 0. The average Bonchev–Trinajstić information content (AvgIpc) is 2.92. The van der Waals surface area contributed by atoms with Crippen molar-refractivity contribution in [3.63, 3.8) is 0 Å². The Morgan fingerprint density at radius 3 is 2.24 bits per heavy atom. The Hall–Kier alpha value is -3.50.